The number of para-hydroxylation sites is 1. The molecule has 0 unspecified atom stereocenters. The van der Waals surface area contributed by atoms with Crippen LogP contribution in [0.3, 0.4) is 0 Å². The average Bonchev–Trinajstić information content (AvgIpc) is 2.50. The van der Waals surface area contributed by atoms with Gasteiger partial charge in [-0.2, -0.15) is 0 Å². The molecule has 3 nitrogen and oxygen atoms in total. The van der Waals surface area contributed by atoms with Gasteiger partial charge in [0.25, 0.3) is 0 Å². The summed E-state index contributed by atoms with van der Waals surface area (Å²) in [4.78, 5) is 13.8. The van der Waals surface area contributed by atoms with Crippen LogP contribution in [0.2, 0.25) is 5.02 Å². The SMILES string of the molecule is CCc1ccc(CN(C)C(=O)Nc2ccccc2Cl)cc1. The number of aryl methyl sites for hydroxylation is 1. The topological polar surface area (TPSA) is 32.3 Å². The first-order chi connectivity index (χ1) is 10.1. The third kappa shape index (κ3) is 4.23. The normalized spacial score (nSPS) is 10.2. The van der Waals surface area contributed by atoms with Crippen molar-refractivity contribution < 1.29 is 4.79 Å². The van der Waals surface area contributed by atoms with Crippen LogP contribution in [0.4, 0.5) is 10.5 Å². The summed E-state index contributed by atoms with van der Waals surface area (Å²) in [5.41, 5.74) is 3.02. The highest BCUT2D eigenvalue weighted by Gasteiger charge is 2.10. The van der Waals surface area contributed by atoms with Crippen molar-refractivity contribution in [1.29, 1.82) is 0 Å². The Morgan fingerprint density at radius 2 is 1.71 bits per heavy atom. The third-order valence-corrected chi connectivity index (χ3v) is 3.64. The van der Waals surface area contributed by atoms with E-state index in [-0.39, 0.29) is 6.03 Å². The van der Waals surface area contributed by atoms with Crippen LogP contribution in [-0.4, -0.2) is 18.0 Å². The minimum absolute atomic E-state index is 0.178. The van der Waals surface area contributed by atoms with Crippen molar-refractivity contribution in [2.75, 3.05) is 12.4 Å². The van der Waals surface area contributed by atoms with Crippen LogP contribution in [0, 0.1) is 0 Å². The van der Waals surface area contributed by atoms with Crippen molar-refractivity contribution in [3.05, 3.63) is 64.7 Å². The Morgan fingerprint density at radius 1 is 1.10 bits per heavy atom. The zero-order valence-electron chi connectivity index (χ0n) is 12.3. The van der Waals surface area contributed by atoms with Gasteiger partial charge in [0, 0.05) is 13.6 Å². The molecule has 0 fully saturated rings. The molecular weight excluding hydrogens is 284 g/mol. The van der Waals surface area contributed by atoms with Crippen LogP contribution in [0.15, 0.2) is 48.5 Å². The van der Waals surface area contributed by atoms with Crippen LogP contribution < -0.4 is 5.32 Å². The van der Waals surface area contributed by atoms with E-state index < -0.39 is 0 Å². The fraction of sp³-hybridized carbons (Fsp3) is 0.235. The number of amides is 2. The van der Waals surface area contributed by atoms with Gasteiger partial charge in [0.2, 0.25) is 0 Å². The van der Waals surface area contributed by atoms with Gasteiger partial charge < -0.3 is 10.2 Å². The van der Waals surface area contributed by atoms with Crippen molar-refractivity contribution in [3.63, 3.8) is 0 Å². The molecular formula is C17H19ClN2O. The fourth-order valence-corrected chi connectivity index (χ4v) is 2.18. The maximum atomic E-state index is 12.1. The van der Waals surface area contributed by atoms with Crippen molar-refractivity contribution >= 4 is 23.3 Å². The van der Waals surface area contributed by atoms with Crippen molar-refractivity contribution in [2.45, 2.75) is 19.9 Å². The van der Waals surface area contributed by atoms with Gasteiger partial charge in [0.15, 0.2) is 0 Å². The molecule has 110 valence electrons. The second-order valence-corrected chi connectivity index (χ2v) is 5.34. The Labute approximate surface area is 130 Å². The molecule has 0 spiro atoms. The molecule has 1 N–H and O–H groups in total. The van der Waals surface area contributed by atoms with Gasteiger partial charge in [-0.25, -0.2) is 4.79 Å². The van der Waals surface area contributed by atoms with E-state index >= 15 is 0 Å². The number of halogens is 1. The molecule has 0 saturated heterocycles. The molecule has 2 aromatic rings. The lowest BCUT2D eigenvalue weighted by Crippen LogP contribution is -2.30. The lowest BCUT2D eigenvalue weighted by atomic mass is 10.1. The zero-order chi connectivity index (χ0) is 15.2. The van der Waals surface area contributed by atoms with Gasteiger partial charge in [-0.3, -0.25) is 0 Å². The van der Waals surface area contributed by atoms with Crippen LogP contribution in [0.25, 0.3) is 0 Å². The summed E-state index contributed by atoms with van der Waals surface area (Å²) in [6.07, 6.45) is 1.02. The number of carbonyl (C=O) groups is 1. The smallest absolute Gasteiger partial charge is 0.321 e. The van der Waals surface area contributed by atoms with Crippen molar-refractivity contribution in [2.24, 2.45) is 0 Å². The Bertz CT molecular complexity index is 610. The molecule has 2 rings (SSSR count). The number of carbonyl (C=O) groups excluding carboxylic acids is 1. The Hall–Kier alpha value is -2.00. The van der Waals surface area contributed by atoms with E-state index in [2.05, 4.69) is 36.5 Å². The monoisotopic (exact) mass is 302 g/mol. The van der Waals surface area contributed by atoms with E-state index in [4.69, 9.17) is 11.6 Å². The first-order valence-electron chi connectivity index (χ1n) is 6.94. The quantitative estimate of drug-likeness (QED) is 0.882. The zero-order valence-corrected chi connectivity index (χ0v) is 13.0. The Balaban J connectivity index is 1.97. The molecule has 0 atom stereocenters. The summed E-state index contributed by atoms with van der Waals surface area (Å²) in [5.74, 6) is 0. The minimum atomic E-state index is -0.178. The van der Waals surface area contributed by atoms with E-state index in [9.17, 15) is 4.79 Å². The molecule has 0 bridgehead atoms. The molecule has 2 amide bonds. The summed E-state index contributed by atoms with van der Waals surface area (Å²) in [7, 11) is 1.76. The Morgan fingerprint density at radius 3 is 2.33 bits per heavy atom. The second-order valence-electron chi connectivity index (χ2n) is 4.94. The summed E-state index contributed by atoms with van der Waals surface area (Å²) in [6, 6.07) is 15.3. The number of hydrogen-bond donors (Lipinski definition) is 1. The molecule has 0 aliphatic rings. The molecule has 0 aromatic heterocycles. The highest BCUT2D eigenvalue weighted by Crippen LogP contribution is 2.20. The average molecular weight is 303 g/mol. The predicted molar refractivity (Wildman–Crippen MR) is 87.8 cm³/mol. The lowest BCUT2D eigenvalue weighted by Gasteiger charge is -2.18. The summed E-state index contributed by atoms with van der Waals surface area (Å²) in [5, 5.41) is 3.34. The third-order valence-electron chi connectivity index (χ3n) is 3.31. The summed E-state index contributed by atoms with van der Waals surface area (Å²) in [6.45, 7) is 2.68. The maximum Gasteiger partial charge on any atom is 0.321 e. The van der Waals surface area contributed by atoms with Crippen LogP contribution >= 0.6 is 11.6 Å². The number of hydrogen-bond acceptors (Lipinski definition) is 1. The van der Waals surface area contributed by atoms with Gasteiger partial charge >= 0.3 is 6.03 Å². The maximum absolute atomic E-state index is 12.1. The number of anilines is 1. The van der Waals surface area contributed by atoms with E-state index in [0.29, 0.717) is 17.3 Å². The summed E-state index contributed by atoms with van der Waals surface area (Å²) < 4.78 is 0. The second kappa shape index (κ2) is 7.14. The van der Waals surface area contributed by atoms with Crippen LogP contribution in [0.1, 0.15) is 18.1 Å². The fourth-order valence-electron chi connectivity index (χ4n) is 2.00. The lowest BCUT2D eigenvalue weighted by molar-refractivity contribution is 0.220. The van der Waals surface area contributed by atoms with Crippen molar-refractivity contribution in [1.82, 2.24) is 4.90 Å². The van der Waals surface area contributed by atoms with Crippen molar-refractivity contribution in [3.8, 4) is 0 Å². The van der Waals surface area contributed by atoms with E-state index in [1.807, 2.05) is 12.1 Å². The van der Waals surface area contributed by atoms with Crippen LogP contribution in [0.5, 0.6) is 0 Å². The molecule has 0 heterocycles. The first-order valence-corrected chi connectivity index (χ1v) is 7.32. The molecule has 0 radical (unpaired) electrons. The molecule has 0 aliphatic carbocycles. The van der Waals surface area contributed by atoms with Crippen LogP contribution in [-0.2, 0) is 13.0 Å². The number of urea groups is 1. The highest BCUT2D eigenvalue weighted by atomic mass is 35.5. The Kier molecular flexibility index (Phi) is 5.23. The molecule has 4 heteroatoms. The van der Waals surface area contributed by atoms with Gasteiger partial charge in [-0.15, -0.1) is 0 Å². The van der Waals surface area contributed by atoms with E-state index in [0.717, 1.165) is 12.0 Å². The van der Waals surface area contributed by atoms with Gasteiger partial charge in [-0.1, -0.05) is 54.9 Å². The van der Waals surface area contributed by atoms with E-state index in [1.54, 1.807) is 24.1 Å². The predicted octanol–water partition coefficient (Wildman–Crippen LogP) is 4.57. The number of benzene rings is 2. The standard InChI is InChI=1S/C17H19ClN2O/c1-3-13-8-10-14(11-9-13)12-20(2)17(21)19-16-7-5-4-6-15(16)18/h4-11H,3,12H2,1-2H3,(H,19,21). The molecule has 21 heavy (non-hydrogen) atoms. The first kappa shape index (κ1) is 15.4. The highest BCUT2D eigenvalue weighted by molar-refractivity contribution is 6.33. The largest absolute Gasteiger partial charge is 0.323 e. The molecule has 0 aliphatic heterocycles. The molecule has 2 aromatic carbocycles. The number of nitrogens with zero attached hydrogens (tertiary/aromatic N) is 1. The number of nitrogens with one attached hydrogen (secondary N) is 1. The van der Waals surface area contributed by atoms with E-state index in [1.165, 1.54) is 5.56 Å². The van der Waals surface area contributed by atoms with Gasteiger partial charge in [0.1, 0.15) is 0 Å². The van der Waals surface area contributed by atoms with Gasteiger partial charge in [0.05, 0.1) is 10.7 Å². The summed E-state index contributed by atoms with van der Waals surface area (Å²) >= 11 is 6.03. The minimum Gasteiger partial charge on any atom is -0.323 e. The number of rotatable bonds is 4. The van der Waals surface area contributed by atoms with Gasteiger partial charge in [-0.05, 0) is 29.7 Å². The molecule has 0 saturated carbocycles.